The molecule has 6 heteroatoms. The van der Waals surface area contributed by atoms with Crippen molar-refractivity contribution < 1.29 is 14.6 Å². The number of halogens is 1. The van der Waals surface area contributed by atoms with Crippen LogP contribution in [-0.4, -0.2) is 34.5 Å². The first kappa shape index (κ1) is 12.7. The van der Waals surface area contributed by atoms with Gasteiger partial charge < -0.3 is 9.84 Å². The van der Waals surface area contributed by atoms with Crippen LogP contribution in [0.15, 0.2) is 17.2 Å². The zero-order valence-electron chi connectivity index (χ0n) is 9.06. The second kappa shape index (κ2) is 5.71. The second-order valence-electron chi connectivity index (χ2n) is 3.71. The normalized spacial score (nSPS) is 17.0. The lowest BCUT2D eigenvalue weighted by atomic mass is 10.2. The fraction of sp³-hybridized carbons (Fsp3) is 0.455. The van der Waals surface area contributed by atoms with Gasteiger partial charge in [-0.25, -0.2) is 9.78 Å². The molecule has 1 N–H and O–H groups in total. The quantitative estimate of drug-likeness (QED) is 0.918. The lowest BCUT2D eigenvalue weighted by Gasteiger charge is -2.21. The first-order chi connectivity index (χ1) is 8.16. The Morgan fingerprint density at radius 1 is 1.47 bits per heavy atom. The van der Waals surface area contributed by atoms with E-state index >= 15 is 0 Å². The molecule has 0 aromatic carbocycles. The van der Waals surface area contributed by atoms with E-state index in [1.54, 1.807) is 23.9 Å². The zero-order chi connectivity index (χ0) is 12.3. The maximum Gasteiger partial charge on any atom is 0.356 e. The van der Waals surface area contributed by atoms with E-state index in [1.807, 2.05) is 0 Å². The summed E-state index contributed by atoms with van der Waals surface area (Å²) in [6.07, 6.45) is 1.94. The summed E-state index contributed by atoms with van der Waals surface area (Å²) in [6, 6.07) is 3.34. The van der Waals surface area contributed by atoms with Crippen LogP contribution in [0.25, 0.3) is 0 Å². The number of carboxylic acids is 1. The number of nitrogens with zero attached hydrogens (tertiary/aromatic N) is 1. The van der Waals surface area contributed by atoms with Crippen molar-refractivity contribution in [1.29, 1.82) is 0 Å². The van der Waals surface area contributed by atoms with Crippen LogP contribution in [0, 0.1) is 0 Å². The molecule has 92 valence electrons. The van der Waals surface area contributed by atoms with Gasteiger partial charge in [-0.3, -0.25) is 0 Å². The smallest absolute Gasteiger partial charge is 0.356 e. The van der Waals surface area contributed by atoms with E-state index in [1.165, 1.54) is 0 Å². The van der Waals surface area contributed by atoms with Crippen LogP contribution >= 0.6 is 23.4 Å². The van der Waals surface area contributed by atoms with Crippen LogP contribution in [0.3, 0.4) is 0 Å². The molecule has 0 saturated carbocycles. The molecule has 2 heterocycles. The predicted molar refractivity (Wildman–Crippen MR) is 65.9 cm³/mol. The summed E-state index contributed by atoms with van der Waals surface area (Å²) >= 11 is 7.35. The molecule has 1 aromatic rings. The van der Waals surface area contributed by atoms with Crippen molar-refractivity contribution in [1.82, 2.24) is 4.98 Å². The molecular formula is C11H12ClNO3S. The molecule has 1 aliphatic heterocycles. The van der Waals surface area contributed by atoms with Gasteiger partial charge in [-0.1, -0.05) is 11.6 Å². The maximum atomic E-state index is 10.9. The highest BCUT2D eigenvalue weighted by Crippen LogP contribution is 2.29. The lowest BCUT2D eigenvalue weighted by Crippen LogP contribution is -2.17. The van der Waals surface area contributed by atoms with E-state index in [-0.39, 0.29) is 10.7 Å². The van der Waals surface area contributed by atoms with Crippen LogP contribution in [-0.2, 0) is 4.74 Å². The second-order valence-corrected chi connectivity index (χ2v) is 5.44. The van der Waals surface area contributed by atoms with Gasteiger partial charge >= 0.3 is 5.97 Å². The number of pyridine rings is 1. The van der Waals surface area contributed by atoms with Gasteiger partial charge in [-0.2, -0.15) is 0 Å². The van der Waals surface area contributed by atoms with Crippen molar-refractivity contribution in [2.24, 2.45) is 0 Å². The molecule has 0 spiro atoms. The molecule has 1 aromatic heterocycles. The van der Waals surface area contributed by atoms with E-state index < -0.39 is 5.97 Å². The Bertz CT molecular complexity index is 421. The van der Waals surface area contributed by atoms with Gasteiger partial charge in [0.15, 0.2) is 5.69 Å². The van der Waals surface area contributed by atoms with Crippen molar-refractivity contribution >= 4 is 29.3 Å². The Balaban J connectivity index is 2.10. The molecule has 4 nitrogen and oxygen atoms in total. The summed E-state index contributed by atoms with van der Waals surface area (Å²) in [5.74, 6) is -1.09. The van der Waals surface area contributed by atoms with Crippen molar-refractivity contribution in [2.75, 3.05) is 13.2 Å². The number of aromatic carboxylic acids is 1. The monoisotopic (exact) mass is 273 g/mol. The van der Waals surface area contributed by atoms with E-state index in [0.717, 1.165) is 26.1 Å². The molecule has 0 radical (unpaired) electrons. The van der Waals surface area contributed by atoms with Crippen LogP contribution in [0.2, 0.25) is 5.02 Å². The highest BCUT2D eigenvalue weighted by atomic mass is 35.5. The summed E-state index contributed by atoms with van der Waals surface area (Å²) in [6.45, 7) is 1.52. The van der Waals surface area contributed by atoms with E-state index in [0.29, 0.717) is 10.3 Å². The zero-order valence-corrected chi connectivity index (χ0v) is 10.6. The number of aromatic nitrogens is 1. The molecule has 0 aliphatic carbocycles. The Morgan fingerprint density at radius 2 is 2.18 bits per heavy atom. The fourth-order valence-corrected chi connectivity index (χ4v) is 2.85. The highest BCUT2D eigenvalue weighted by molar-refractivity contribution is 7.99. The summed E-state index contributed by atoms with van der Waals surface area (Å²) in [5, 5.41) is 10.2. The average molecular weight is 274 g/mol. The third kappa shape index (κ3) is 3.34. The highest BCUT2D eigenvalue weighted by Gasteiger charge is 2.17. The Hall–Kier alpha value is -0.780. The fourth-order valence-electron chi connectivity index (χ4n) is 1.60. The van der Waals surface area contributed by atoms with Gasteiger partial charge in [0.2, 0.25) is 0 Å². The van der Waals surface area contributed by atoms with Crippen molar-refractivity contribution in [3.8, 4) is 0 Å². The number of hydrogen-bond acceptors (Lipinski definition) is 4. The third-order valence-corrected chi connectivity index (χ3v) is 4.06. The predicted octanol–water partition coefficient (Wildman–Crippen LogP) is 2.70. The molecule has 0 bridgehead atoms. The van der Waals surface area contributed by atoms with E-state index in [4.69, 9.17) is 21.4 Å². The van der Waals surface area contributed by atoms with Crippen molar-refractivity contribution in [2.45, 2.75) is 23.1 Å². The molecule has 1 saturated heterocycles. The van der Waals surface area contributed by atoms with Crippen LogP contribution in [0.5, 0.6) is 0 Å². The molecule has 1 aliphatic rings. The first-order valence-corrected chi connectivity index (χ1v) is 6.57. The molecule has 0 unspecified atom stereocenters. The third-order valence-electron chi connectivity index (χ3n) is 2.48. The molecule has 0 atom stereocenters. The number of carboxylic acid groups (broad SMARTS) is 1. The number of thioether (sulfide) groups is 1. The summed E-state index contributed by atoms with van der Waals surface area (Å²) < 4.78 is 5.27. The summed E-state index contributed by atoms with van der Waals surface area (Å²) in [4.78, 5) is 14.9. The largest absolute Gasteiger partial charge is 0.476 e. The summed E-state index contributed by atoms with van der Waals surface area (Å²) in [5.41, 5.74) is -0.0799. The molecular weight excluding hydrogens is 262 g/mol. The van der Waals surface area contributed by atoms with Gasteiger partial charge in [0.1, 0.15) is 0 Å². The topological polar surface area (TPSA) is 59.4 Å². The number of rotatable bonds is 3. The minimum absolute atomic E-state index is 0.0799. The van der Waals surface area contributed by atoms with Gasteiger partial charge in [0, 0.05) is 18.5 Å². The van der Waals surface area contributed by atoms with Gasteiger partial charge in [0.25, 0.3) is 0 Å². The molecule has 1 fully saturated rings. The number of carbonyl (C=O) groups is 1. The number of hydrogen-bond donors (Lipinski definition) is 1. The average Bonchev–Trinajstić information content (AvgIpc) is 2.32. The minimum atomic E-state index is -1.09. The van der Waals surface area contributed by atoms with Crippen molar-refractivity contribution in [3.05, 3.63) is 22.8 Å². The molecule has 2 rings (SSSR count). The van der Waals surface area contributed by atoms with Crippen LogP contribution in [0.1, 0.15) is 23.3 Å². The van der Waals surface area contributed by atoms with Gasteiger partial charge in [-0.05, 0) is 25.0 Å². The van der Waals surface area contributed by atoms with E-state index in [2.05, 4.69) is 4.98 Å². The Morgan fingerprint density at radius 3 is 2.82 bits per heavy atom. The minimum Gasteiger partial charge on any atom is -0.476 e. The Labute approximate surface area is 108 Å². The maximum absolute atomic E-state index is 10.9. The SMILES string of the molecule is O=C(O)c1nc(SC2CCOCC2)ccc1Cl. The first-order valence-electron chi connectivity index (χ1n) is 5.31. The lowest BCUT2D eigenvalue weighted by molar-refractivity contribution is 0.0690. The summed E-state index contributed by atoms with van der Waals surface area (Å²) in [7, 11) is 0. The standard InChI is InChI=1S/C11H12ClNO3S/c12-8-1-2-9(13-10(8)11(14)15)17-7-3-5-16-6-4-7/h1-2,7H,3-6H2,(H,14,15). The molecule has 17 heavy (non-hydrogen) atoms. The van der Waals surface area contributed by atoms with E-state index in [9.17, 15) is 4.79 Å². The Kier molecular flexibility index (Phi) is 4.25. The van der Waals surface area contributed by atoms with Gasteiger partial charge in [0.05, 0.1) is 10.0 Å². The van der Waals surface area contributed by atoms with Crippen LogP contribution in [0.4, 0.5) is 0 Å². The van der Waals surface area contributed by atoms with Gasteiger partial charge in [-0.15, -0.1) is 11.8 Å². The van der Waals surface area contributed by atoms with Crippen molar-refractivity contribution in [3.63, 3.8) is 0 Å². The number of ether oxygens (including phenoxy) is 1. The van der Waals surface area contributed by atoms with Crippen LogP contribution < -0.4 is 0 Å². The molecule has 0 amide bonds.